The number of carbonyl (C=O) groups excluding carboxylic acids is 1. The van der Waals surface area contributed by atoms with Crippen molar-refractivity contribution in [1.29, 1.82) is 0 Å². The van der Waals surface area contributed by atoms with Crippen LogP contribution in [0, 0.1) is 12.8 Å². The molecule has 7 nitrogen and oxygen atoms in total. The van der Waals surface area contributed by atoms with Gasteiger partial charge in [-0.05, 0) is 66.8 Å². The van der Waals surface area contributed by atoms with Crippen molar-refractivity contribution >= 4 is 26.6 Å². The predicted molar refractivity (Wildman–Crippen MR) is 138 cm³/mol. The van der Waals surface area contributed by atoms with Crippen molar-refractivity contribution in [3.63, 3.8) is 0 Å². The summed E-state index contributed by atoms with van der Waals surface area (Å²) >= 11 is 0. The van der Waals surface area contributed by atoms with Gasteiger partial charge in [-0.3, -0.25) is 14.8 Å². The fourth-order valence-electron chi connectivity index (χ4n) is 4.68. The Morgan fingerprint density at radius 2 is 1.78 bits per heavy atom. The summed E-state index contributed by atoms with van der Waals surface area (Å²) in [5.41, 5.74) is 3.38. The zero-order chi connectivity index (χ0) is 25.3. The smallest absolute Gasteiger partial charge is 0.253 e. The number of rotatable bonds is 7. The molecule has 0 N–H and O–H groups in total. The van der Waals surface area contributed by atoms with Gasteiger partial charge < -0.3 is 9.64 Å². The maximum atomic E-state index is 13.3. The highest BCUT2D eigenvalue weighted by molar-refractivity contribution is 7.90. The number of methoxy groups -OCH3 is 1. The van der Waals surface area contributed by atoms with E-state index < -0.39 is 9.84 Å². The van der Waals surface area contributed by atoms with Crippen LogP contribution in [0.3, 0.4) is 0 Å². The van der Waals surface area contributed by atoms with Gasteiger partial charge in [0, 0.05) is 36.4 Å². The third-order valence-corrected chi connectivity index (χ3v) is 8.35. The van der Waals surface area contributed by atoms with Crippen molar-refractivity contribution < 1.29 is 17.9 Å². The minimum Gasteiger partial charge on any atom is -0.495 e. The number of carbonyl (C=O) groups is 1. The molecule has 0 aliphatic carbocycles. The van der Waals surface area contributed by atoms with Gasteiger partial charge in [0.05, 0.1) is 29.0 Å². The molecule has 1 amide bonds. The topological polar surface area (TPSA) is 89.5 Å². The van der Waals surface area contributed by atoms with Crippen molar-refractivity contribution in [1.82, 2.24) is 14.9 Å². The number of benzene rings is 2. The maximum absolute atomic E-state index is 13.3. The summed E-state index contributed by atoms with van der Waals surface area (Å²) in [5, 5.41) is 0.783. The molecule has 2 aromatic carbocycles. The number of likely N-dealkylation sites (tertiary alicyclic amines) is 1. The molecule has 5 rings (SSSR count). The molecule has 3 heterocycles. The molecule has 1 aliphatic rings. The molecule has 1 fully saturated rings. The highest BCUT2D eigenvalue weighted by Crippen LogP contribution is 2.28. The van der Waals surface area contributed by atoms with Gasteiger partial charge in [0.2, 0.25) is 0 Å². The molecule has 1 saturated heterocycles. The van der Waals surface area contributed by atoms with Gasteiger partial charge in [0.25, 0.3) is 5.91 Å². The van der Waals surface area contributed by atoms with E-state index in [0.717, 1.165) is 28.8 Å². The number of ether oxygens (including phenoxy) is 1. The molecular weight excluding hydrogens is 474 g/mol. The van der Waals surface area contributed by atoms with Crippen LogP contribution in [0.5, 0.6) is 5.75 Å². The third kappa shape index (κ3) is 4.68. The molecule has 0 spiro atoms. The van der Waals surface area contributed by atoms with Gasteiger partial charge in [-0.15, -0.1) is 0 Å². The average Bonchev–Trinajstić information content (AvgIpc) is 2.86. The minimum atomic E-state index is -3.62. The lowest BCUT2D eigenvalue weighted by atomic mass is 9.93. The fraction of sp³-hybridized carbons (Fsp3) is 0.250. The molecule has 0 saturated carbocycles. The van der Waals surface area contributed by atoms with Crippen LogP contribution < -0.4 is 4.74 Å². The minimum absolute atomic E-state index is 0.0463. The normalized spacial score (nSPS) is 14.0. The fourth-order valence-corrected chi connectivity index (χ4v) is 6.32. The van der Waals surface area contributed by atoms with Crippen LogP contribution >= 0.6 is 0 Å². The Morgan fingerprint density at radius 3 is 2.56 bits per heavy atom. The SMILES string of the molecule is COc1cccnc1CC1CN(C(=O)c2ccc(CS(=O)(=O)c3cccc4cccnc34)c(C)c2)C1. The van der Waals surface area contributed by atoms with Crippen molar-refractivity contribution in [2.75, 3.05) is 20.2 Å². The van der Waals surface area contributed by atoms with Gasteiger partial charge >= 0.3 is 0 Å². The molecule has 0 unspecified atom stereocenters. The lowest BCUT2D eigenvalue weighted by Gasteiger charge is -2.39. The Kier molecular flexibility index (Phi) is 6.45. The number of pyridine rings is 2. The largest absolute Gasteiger partial charge is 0.495 e. The molecule has 1 aliphatic heterocycles. The van der Waals surface area contributed by atoms with E-state index in [9.17, 15) is 13.2 Å². The number of aromatic nitrogens is 2. The number of nitrogens with zero attached hydrogens (tertiary/aromatic N) is 3. The van der Waals surface area contributed by atoms with E-state index in [4.69, 9.17) is 4.74 Å². The molecule has 4 aromatic rings. The monoisotopic (exact) mass is 501 g/mol. The maximum Gasteiger partial charge on any atom is 0.253 e. The van der Waals surface area contributed by atoms with E-state index >= 15 is 0 Å². The van der Waals surface area contributed by atoms with E-state index in [2.05, 4.69) is 9.97 Å². The van der Waals surface area contributed by atoms with E-state index in [0.29, 0.717) is 35.7 Å². The van der Waals surface area contributed by atoms with Crippen LogP contribution in [-0.4, -0.2) is 49.4 Å². The predicted octanol–water partition coefficient (Wildman–Crippen LogP) is 4.24. The number of para-hydroxylation sites is 1. The zero-order valence-corrected chi connectivity index (χ0v) is 21.0. The van der Waals surface area contributed by atoms with E-state index in [-0.39, 0.29) is 16.6 Å². The number of aryl methyl sites for hydroxylation is 1. The lowest BCUT2D eigenvalue weighted by molar-refractivity contribution is 0.0498. The molecule has 0 atom stereocenters. The van der Waals surface area contributed by atoms with Gasteiger partial charge in [0.1, 0.15) is 5.75 Å². The van der Waals surface area contributed by atoms with Crippen LogP contribution in [0.25, 0.3) is 10.9 Å². The van der Waals surface area contributed by atoms with Gasteiger partial charge in [-0.1, -0.05) is 24.3 Å². The second-order valence-electron chi connectivity index (χ2n) is 9.16. The number of hydrogen-bond acceptors (Lipinski definition) is 6. The quantitative estimate of drug-likeness (QED) is 0.376. The highest BCUT2D eigenvalue weighted by Gasteiger charge is 2.32. The average molecular weight is 502 g/mol. The van der Waals surface area contributed by atoms with Crippen molar-refractivity contribution in [2.45, 2.75) is 24.0 Å². The summed E-state index contributed by atoms with van der Waals surface area (Å²) in [5.74, 6) is 0.899. The van der Waals surface area contributed by atoms with Gasteiger partial charge in [-0.25, -0.2) is 8.42 Å². The first kappa shape index (κ1) is 23.9. The molecule has 36 heavy (non-hydrogen) atoms. The molecule has 8 heteroatoms. The van der Waals surface area contributed by atoms with Crippen molar-refractivity contribution in [3.05, 3.63) is 95.4 Å². The number of fused-ring (bicyclic) bond motifs is 1. The van der Waals surface area contributed by atoms with Crippen molar-refractivity contribution in [3.8, 4) is 5.75 Å². The van der Waals surface area contributed by atoms with Gasteiger partial charge in [-0.2, -0.15) is 0 Å². The van der Waals surface area contributed by atoms with Crippen LogP contribution in [0.2, 0.25) is 0 Å². The van der Waals surface area contributed by atoms with Crippen LogP contribution in [0.1, 0.15) is 27.2 Å². The van der Waals surface area contributed by atoms with Crippen LogP contribution in [-0.2, 0) is 22.0 Å². The van der Waals surface area contributed by atoms with E-state index in [1.165, 1.54) is 0 Å². The lowest BCUT2D eigenvalue weighted by Crippen LogP contribution is -2.50. The first-order valence-corrected chi connectivity index (χ1v) is 13.4. The third-order valence-electron chi connectivity index (χ3n) is 6.66. The van der Waals surface area contributed by atoms with Crippen LogP contribution in [0.4, 0.5) is 0 Å². The summed E-state index contributed by atoms with van der Waals surface area (Å²) in [4.78, 5) is 23.7. The highest BCUT2D eigenvalue weighted by atomic mass is 32.2. The Bertz CT molecular complexity index is 1540. The summed E-state index contributed by atoms with van der Waals surface area (Å²) in [6.45, 7) is 3.15. The molecular formula is C28H27N3O4S. The summed E-state index contributed by atoms with van der Waals surface area (Å²) in [6.07, 6.45) is 4.10. The number of amides is 1. The standard InChI is InChI=1S/C28H27N3O4S/c1-19-14-22(28(32)31-16-20(17-31)15-24-25(35-2)8-5-12-29-24)10-11-23(19)18-36(33,34)26-9-3-6-21-7-4-13-30-27(21)26/h3-14,20H,15-18H2,1-2H3. The van der Waals surface area contributed by atoms with Crippen LogP contribution in [0.15, 0.2) is 78.0 Å². The Labute approximate surface area is 210 Å². The number of hydrogen-bond donors (Lipinski definition) is 0. The second-order valence-corrected chi connectivity index (χ2v) is 11.1. The zero-order valence-electron chi connectivity index (χ0n) is 20.2. The Balaban J connectivity index is 1.27. The molecule has 0 radical (unpaired) electrons. The summed E-state index contributed by atoms with van der Waals surface area (Å²) < 4.78 is 31.9. The molecule has 2 aromatic heterocycles. The van der Waals surface area contributed by atoms with Crippen molar-refractivity contribution in [2.24, 2.45) is 5.92 Å². The van der Waals surface area contributed by atoms with Gasteiger partial charge in [0.15, 0.2) is 9.84 Å². The van der Waals surface area contributed by atoms with E-state index in [1.54, 1.807) is 55.9 Å². The summed E-state index contributed by atoms with van der Waals surface area (Å²) in [7, 11) is -1.99. The second kappa shape index (κ2) is 9.70. The Hall–Kier alpha value is -3.78. The first-order valence-electron chi connectivity index (χ1n) is 11.8. The molecule has 0 bridgehead atoms. The number of sulfone groups is 1. The molecule has 184 valence electrons. The van der Waals surface area contributed by atoms with E-state index in [1.807, 2.05) is 36.1 Å². The summed E-state index contributed by atoms with van der Waals surface area (Å²) in [6, 6.07) is 17.8. The first-order chi connectivity index (χ1) is 17.4. The Morgan fingerprint density at radius 1 is 1.03 bits per heavy atom.